The third kappa shape index (κ3) is 5.62. The van der Waals surface area contributed by atoms with Crippen LogP contribution in [-0.4, -0.2) is 40.1 Å². The maximum atomic E-state index is 11.8. The molecule has 136 valence electrons. The molecule has 0 bridgehead atoms. The molecule has 1 aliphatic rings. The Morgan fingerprint density at radius 2 is 2.08 bits per heavy atom. The summed E-state index contributed by atoms with van der Waals surface area (Å²) >= 11 is 0. The first kappa shape index (κ1) is 20.7. The van der Waals surface area contributed by atoms with Gasteiger partial charge in [0.1, 0.15) is 0 Å². The molecular weight excluding hydrogens is 324 g/mol. The fraction of sp³-hybridized carbons (Fsp3) is 0.722. The lowest BCUT2D eigenvalue weighted by Gasteiger charge is -2.36. The number of hydrogen-bond donors (Lipinski definition) is 0. The third-order valence-electron chi connectivity index (χ3n) is 4.60. The van der Waals surface area contributed by atoms with Crippen molar-refractivity contribution in [3.63, 3.8) is 0 Å². The fourth-order valence-corrected chi connectivity index (χ4v) is 3.11. The SMILES string of the molecule is CCOC(=O)[C@H]1C(=O)OC[C@@H]1C=C=CCCO[Si](C)(C)C(C)(C)C. The molecule has 5 nitrogen and oxygen atoms in total. The van der Waals surface area contributed by atoms with Crippen molar-refractivity contribution < 1.29 is 23.5 Å². The number of rotatable bonds is 7. The van der Waals surface area contributed by atoms with Gasteiger partial charge in [-0.15, -0.1) is 5.73 Å². The second-order valence-electron chi connectivity index (χ2n) is 7.46. The molecule has 1 saturated heterocycles. The van der Waals surface area contributed by atoms with E-state index in [1.54, 1.807) is 13.0 Å². The average molecular weight is 355 g/mol. The smallest absolute Gasteiger partial charge is 0.321 e. The third-order valence-corrected chi connectivity index (χ3v) is 9.14. The van der Waals surface area contributed by atoms with Crippen molar-refractivity contribution in [3.8, 4) is 0 Å². The van der Waals surface area contributed by atoms with E-state index in [1.165, 1.54) is 0 Å². The maximum Gasteiger partial charge on any atom is 0.321 e. The minimum Gasteiger partial charge on any atom is -0.465 e. The molecule has 2 atom stereocenters. The summed E-state index contributed by atoms with van der Waals surface area (Å²) in [4.78, 5) is 23.5. The van der Waals surface area contributed by atoms with E-state index in [2.05, 4.69) is 39.6 Å². The van der Waals surface area contributed by atoms with Gasteiger partial charge in [0.2, 0.25) is 0 Å². The van der Waals surface area contributed by atoms with Crippen LogP contribution in [0.15, 0.2) is 17.9 Å². The highest BCUT2D eigenvalue weighted by Gasteiger charge is 2.42. The highest BCUT2D eigenvalue weighted by Crippen LogP contribution is 2.36. The molecular formula is C18H30O5Si. The molecule has 0 radical (unpaired) electrons. The van der Waals surface area contributed by atoms with Crippen molar-refractivity contribution in [2.45, 2.75) is 52.2 Å². The van der Waals surface area contributed by atoms with Crippen LogP contribution >= 0.6 is 0 Å². The van der Waals surface area contributed by atoms with Crippen LogP contribution in [0.5, 0.6) is 0 Å². The van der Waals surface area contributed by atoms with E-state index in [0.717, 1.165) is 6.42 Å². The Hall–Kier alpha value is -1.36. The van der Waals surface area contributed by atoms with Crippen molar-refractivity contribution in [1.29, 1.82) is 0 Å². The van der Waals surface area contributed by atoms with Crippen LogP contribution in [0.4, 0.5) is 0 Å². The fourth-order valence-electron chi connectivity index (χ4n) is 2.05. The van der Waals surface area contributed by atoms with Crippen molar-refractivity contribution in [1.82, 2.24) is 0 Å². The molecule has 6 heteroatoms. The van der Waals surface area contributed by atoms with E-state index in [-0.39, 0.29) is 24.2 Å². The summed E-state index contributed by atoms with van der Waals surface area (Å²) < 4.78 is 16.0. The van der Waals surface area contributed by atoms with E-state index in [1.807, 2.05) is 6.08 Å². The molecule has 0 N–H and O–H groups in total. The van der Waals surface area contributed by atoms with Crippen LogP contribution in [0.1, 0.15) is 34.1 Å². The molecule has 1 fully saturated rings. The molecule has 0 saturated carbocycles. The number of carbonyl (C=O) groups is 2. The Labute approximate surface area is 146 Å². The summed E-state index contributed by atoms with van der Waals surface area (Å²) in [5.74, 6) is -2.22. The van der Waals surface area contributed by atoms with E-state index >= 15 is 0 Å². The molecule has 1 rings (SSSR count). The van der Waals surface area contributed by atoms with Gasteiger partial charge in [0.15, 0.2) is 14.2 Å². The van der Waals surface area contributed by atoms with Gasteiger partial charge in [-0.2, -0.15) is 0 Å². The number of hydrogen-bond acceptors (Lipinski definition) is 5. The van der Waals surface area contributed by atoms with Crippen LogP contribution in [-0.2, 0) is 23.5 Å². The standard InChI is InChI=1S/C18H30O5Si/c1-7-21-16(19)15-14(13-22-17(15)20)11-9-8-10-12-23-24(5,6)18(2,3)4/h8,11,14-15H,7,10,12-13H2,1-6H3/t9?,14-,15-/m0/s1. The molecule has 0 aromatic rings. The van der Waals surface area contributed by atoms with Gasteiger partial charge in [-0.1, -0.05) is 20.8 Å². The summed E-state index contributed by atoms with van der Waals surface area (Å²) in [5.41, 5.74) is 3.05. The second-order valence-corrected chi connectivity index (χ2v) is 12.3. The Balaban J connectivity index is 2.52. The van der Waals surface area contributed by atoms with Crippen LogP contribution in [0.2, 0.25) is 18.1 Å². The van der Waals surface area contributed by atoms with Gasteiger partial charge in [-0.3, -0.25) is 9.59 Å². The Kier molecular flexibility index (Phi) is 7.45. The van der Waals surface area contributed by atoms with Gasteiger partial charge >= 0.3 is 11.9 Å². The molecule has 0 aliphatic carbocycles. The Morgan fingerprint density at radius 1 is 1.42 bits per heavy atom. The molecule has 0 amide bonds. The first-order valence-electron chi connectivity index (χ1n) is 8.48. The first-order valence-corrected chi connectivity index (χ1v) is 11.4. The number of cyclic esters (lactones) is 1. The van der Waals surface area contributed by atoms with Gasteiger partial charge in [-0.25, -0.2) is 0 Å². The van der Waals surface area contributed by atoms with Gasteiger partial charge < -0.3 is 13.9 Å². The van der Waals surface area contributed by atoms with E-state index in [0.29, 0.717) is 6.61 Å². The lowest BCUT2D eigenvalue weighted by atomic mass is 9.95. The molecule has 0 aromatic carbocycles. The van der Waals surface area contributed by atoms with E-state index < -0.39 is 26.2 Å². The molecule has 0 spiro atoms. The normalized spacial score (nSPS) is 21.0. The van der Waals surface area contributed by atoms with Gasteiger partial charge in [0.25, 0.3) is 0 Å². The lowest BCUT2D eigenvalue weighted by Crippen LogP contribution is -2.40. The largest absolute Gasteiger partial charge is 0.465 e. The Bertz CT molecular complexity index is 512. The minimum atomic E-state index is -1.72. The summed E-state index contributed by atoms with van der Waals surface area (Å²) in [6.45, 7) is 13.9. The first-order chi connectivity index (χ1) is 11.1. The molecule has 0 aromatic heterocycles. The highest BCUT2D eigenvalue weighted by atomic mass is 28.4. The van der Waals surface area contributed by atoms with Gasteiger partial charge in [-0.05, 0) is 43.6 Å². The zero-order valence-electron chi connectivity index (χ0n) is 15.7. The predicted octanol–water partition coefficient (Wildman–Crippen LogP) is 3.46. The number of esters is 2. The van der Waals surface area contributed by atoms with Gasteiger partial charge in [0.05, 0.1) is 13.2 Å². The topological polar surface area (TPSA) is 61.8 Å². The van der Waals surface area contributed by atoms with Crippen molar-refractivity contribution in [2.75, 3.05) is 19.8 Å². The monoisotopic (exact) mass is 354 g/mol. The van der Waals surface area contributed by atoms with Crippen LogP contribution in [0.25, 0.3) is 0 Å². The van der Waals surface area contributed by atoms with E-state index in [4.69, 9.17) is 13.9 Å². The zero-order chi connectivity index (χ0) is 18.4. The zero-order valence-corrected chi connectivity index (χ0v) is 16.7. The van der Waals surface area contributed by atoms with Crippen molar-refractivity contribution in [2.24, 2.45) is 11.8 Å². The summed E-state index contributed by atoms with van der Waals surface area (Å²) in [6.07, 6.45) is 4.34. The highest BCUT2D eigenvalue weighted by molar-refractivity contribution is 6.74. The molecule has 1 aliphatic heterocycles. The average Bonchev–Trinajstić information content (AvgIpc) is 2.82. The van der Waals surface area contributed by atoms with Crippen LogP contribution < -0.4 is 0 Å². The summed E-state index contributed by atoms with van der Waals surface area (Å²) in [7, 11) is -1.72. The summed E-state index contributed by atoms with van der Waals surface area (Å²) in [5, 5.41) is 0.195. The number of carbonyl (C=O) groups excluding carboxylic acids is 2. The second kappa shape index (κ2) is 8.65. The lowest BCUT2D eigenvalue weighted by molar-refractivity contribution is -0.156. The molecule has 1 heterocycles. The molecule has 24 heavy (non-hydrogen) atoms. The van der Waals surface area contributed by atoms with Crippen LogP contribution in [0.3, 0.4) is 0 Å². The van der Waals surface area contributed by atoms with Crippen molar-refractivity contribution >= 4 is 20.3 Å². The van der Waals surface area contributed by atoms with E-state index in [9.17, 15) is 9.59 Å². The minimum absolute atomic E-state index is 0.195. The van der Waals surface area contributed by atoms with Crippen molar-refractivity contribution in [3.05, 3.63) is 17.9 Å². The predicted molar refractivity (Wildman–Crippen MR) is 95.0 cm³/mol. The molecule has 0 unspecified atom stereocenters. The quantitative estimate of drug-likeness (QED) is 0.230. The van der Waals surface area contributed by atoms with Crippen LogP contribution in [0, 0.1) is 11.8 Å². The Morgan fingerprint density at radius 3 is 2.67 bits per heavy atom. The summed E-state index contributed by atoms with van der Waals surface area (Å²) in [6, 6.07) is 0. The van der Waals surface area contributed by atoms with Gasteiger partial charge in [0, 0.05) is 12.5 Å². The number of ether oxygens (including phenoxy) is 2. The maximum absolute atomic E-state index is 11.8.